The van der Waals surface area contributed by atoms with Gasteiger partial charge in [-0.1, -0.05) is 13.8 Å². The molecule has 0 unspecified atom stereocenters. The van der Waals surface area contributed by atoms with E-state index in [1.807, 2.05) is 13.8 Å². The minimum atomic E-state index is -0.525. The second kappa shape index (κ2) is 5.88. The molecule has 0 saturated carbocycles. The van der Waals surface area contributed by atoms with Gasteiger partial charge in [0.1, 0.15) is 0 Å². The Bertz CT molecular complexity index is 214. The van der Waals surface area contributed by atoms with Crippen LogP contribution in [0.2, 0.25) is 0 Å². The number of hydrogen-bond donors (Lipinski definition) is 2. The van der Waals surface area contributed by atoms with Crippen LogP contribution in [0.1, 0.15) is 27.2 Å². The molecule has 4 nitrogen and oxygen atoms in total. The lowest BCUT2D eigenvalue weighted by molar-refractivity contribution is -0.129. The van der Waals surface area contributed by atoms with Gasteiger partial charge in [-0.3, -0.25) is 9.59 Å². The predicted molar refractivity (Wildman–Crippen MR) is 56.0 cm³/mol. The molecule has 14 heavy (non-hydrogen) atoms. The van der Waals surface area contributed by atoms with Crippen LogP contribution in [-0.2, 0) is 9.59 Å². The summed E-state index contributed by atoms with van der Waals surface area (Å²) in [5, 5.41) is 2.80. The normalized spacial score (nSPS) is 15.3. The number of carbonyl (C=O) groups excluding carboxylic acids is 2. The SMILES string of the molecule is CN[C@@H](C)C(=O)CC(=O)[C@@H](N)C(C)C. The van der Waals surface area contributed by atoms with Crippen LogP contribution in [0.5, 0.6) is 0 Å². The van der Waals surface area contributed by atoms with E-state index in [4.69, 9.17) is 5.73 Å². The van der Waals surface area contributed by atoms with Gasteiger partial charge < -0.3 is 11.1 Å². The van der Waals surface area contributed by atoms with Crippen LogP contribution in [0.15, 0.2) is 0 Å². The maximum Gasteiger partial charge on any atom is 0.157 e. The van der Waals surface area contributed by atoms with Crippen molar-refractivity contribution < 1.29 is 9.59 Å². The third-order valence-corrected chi connectivity index (χ3v) is 2.35. The van der Waals surface area contributed by atoms with Gasteiger partial charge in [-0.05, 0) is 19.9 Å². The standard InChI is InChI=1S/C10H20N2O2/c1-6(2)10(11)9(14)5-8(13)7(3)12-4/h6-7,10,12H,5,11H2,1-4H3/t7-,10-/m0/s1. The molecule has 0 spiro atoms. The fraction of sp³-hybridized carbons (Fsp3) is 0.800. The monoisotopic (exact) mass is 200 g/mol. The smallest absolute Gasteiger partial charge is 0.157 e. The van der Waals surface area contributed by atoms with Crippen LogP contribution in [0, 0.1) is 5.92 Å². The molecule has 0 amide bonds. The summed E-state index contributed by atoms with van der Waals surface area (Å²) in [4.78, 5) is 22.8. The van der Waals surface area contributed by atoms with Crippen LogP contribution in [0.25, 0.3) is 0 Å². The number of hydrogen-bond acceptors (Lipinski definition) is 4. The molecule has 2 atom stereocenters. The van der Waals surface area contributed by atoms with Crippen molar-refractivity contribution in [1.82, 2.24) is 5.32 Å². The summed E-state index contributed by atoms with van der Waals surface area (Å²) in [5.41, 5.74) is 5.63. The summed E-state index contributed by atoms with van der Waals surface area (Å²) in [6.07, 6.45) is -0.0681. The summed E-state index contributed by atoms with van der Waals surface area (Å²) in [6, 6.07) is -0.804. The average molecular weight is 200 g/mol. The van der Waals surface area contributed by atoms with Gasteiger partial charge in [0, 0.05) is 0 Å². The lowest BCUT2D eigenvalue weighted by Crippen LogP contribution is -2.40. The molecule has 0 heterocycles. The molecule has 0 aromatic carbocycles. The molecule has 0 aliphatic carbocycles. The van der Waals surface area contributed by atoms with Crippen molar-refractivity contribution in [3.05, 3.63) is 0 Å². The lowest BCUT2D eigenvalue weighted by Gasteiger charge is -2.15. The van der Waals surface area contributed by atoms with Crippen LogP contribution in [-0.4, -0.2) is 30.7 Å². The van der Waals surface area contributed by atoms with E-state index in [2.05, 4.69) is 5.32 Å². The topological polar surface area (TPSA) is 72.2 Å². The van der Waals surface area contributed by atoms with E-state index in [0.717, 1.165) is 0 Å². The van der Waals surface area contributed by atoms with Crippen molar-refractivity contribution in [2.45, 2.75) is 39.3 Å². The molecule has 0 rings (SSSR count). The fourth-order valence-corrected chi connectivity index (χ4v) is 0.975. The number of likely N-dealkylation sites (N-methyl/N-ethyl adjacent to an activating group) is 1. The Morgan fingerprint density at radius 2 is 1.71 bits per heavy atom. The van der Waals surface area contributed by atoms with Gasteiger partial charge in [-0.15, -0.1) is 0 Å². The molecule has 0 fully saturated rings. The van der Waals surface area contributed by atoms with Gasteiger partial charge >= 0.3 is 0 Å². The predicted octanol–water partition coefficient (Wildman–Crippen LogP) is 0.106. The Morgan fingerprint density at radius 3 is 2.07 bits per heavy atom. The van der Waals surface area contributed by atoms with Crippen molar-refractivity contribution in [3.63, 3.8) is 0 Å². The van der Waals surface area contributed by atoms with Gasteiger partial charge in [0.15, 0.2) is 11.6 Å². The first-order valence-electron chi connectivity index (χ1n) is 4.88. The second-order valence-electron chi connectivity index (χ2n) is 3.89. The highest BCUT2D eigenvalue weighted by molar-refractivity contribution is 6.03. The van der Waals surface area contributed by atoms with Gasteiger partial charge in [0.2, 0.25) is 0 Å². The number of ketones is 2. The number of Topliss-reactive ketones (excluding diaryl/α,β-unsaturated/α-hetero) is 2. The molecule has 0 aliphatic rings. The van der Waals surface area contributed by atoms with E-state index in [1.165, 1.54) is 0 Å². The van der Waals surface area contributed by atoms with Gasteiger partial charge in [-0.25, -0.2) is 0 Å². The number of nitrogens with two attached hydrogens (primary N) is 1. The third-order valence-electron chi connectivity index (χ3n) is 2.35. The first-order chi connectivity index (χ1) is 6.40. The van der Waals surface area contributed by atoms with Crippen LogP contribution >= 0.6 is 0 Å². The highest BCUT2D eigenvalue weighted by atomic mass is 16.2. The molecule has 0 aliphatic heterocycles. The summed E-state index contributed by atoms with van der Waals surface area (Å²) >= 11 is 0. The maximum atomic E-state index is 11.4. The molecule has 0 saturated heterocycles. The molecular weight excluding hydrogens is 180 g/mol. The zero-order valence-electron chi connectivity index (χ0n) is 9.33. The van der Waals surface area contributed by atoms with Crippen molar-refractivity contribution in [2.75, 3.05) is 7.05 Å². The van der Waals surface area contributed by atoms with E-state index >= 15 is 0 Å². The zero-order chi connectivity index (χ0) is 11.3. The molecule has 0 aromatic rings. The van der Waals surface area contributed by atoms with Crippen molar-refractivity contribution in [2.24, 2.45) is 11.7 Å². The number of carbonyl (C=O) groups is 2. The molecule has 3 N–H and O–H groups in total. The lowest BCUT2D eigenvalue weighted by atomic mass is 9.96. The van der Waals surface area contributed by atoms with Crippen LogP contribution < -0.4 is 11.1 Å². The van der Waals surface area contributed by atoms with E-state index in [9.17, 15) is 9.59 Å². The Hall–Kier alpha value is -0.740. The molecule has 0 aromatic heterocycles. The third kappa shape index (κ3) is 3.98. The number of nitrogens with one attached hydrogen (secondary N) is 1. The van der Waals surface area contributed by atoms with Crippen molar-refractivity contribution >= 4 is 11.6 Å². The largest absolute Gasteiger partial charge is 0.321 e. The van der Waals surface area contributed by atoms with E-state index < -0.39 is 6.04 Å². The summed E-state index contributed by atoms with van der Waals surface area (Å²) in [6.45, 7) is 5.47. The number of rotatable bonds is 6. The Kier molecular flexibility index (Phi) is 5.57. The fourth-order valence-electron chi connectivity index (χ4n) is 0.975. The van der Waals surface area contributed by atoms with Crippen LogP contribution in [0.3, 0.4) is 0 Å². The van der Waals surface area contributed by atoms with Gasteiger partial charge in [-0.2, -0.15) is 0 Å². The molecule has 0 bridgehead atoms. The minimum absolute atomic E-state index is 0.0681. The average Bonchev–Trinajstić information content (AvgIpc) is 2.14. The quantitative estimate of drug-likeness (QED) is 0.597. The van der Waals surface area contributed by atoms with Crippen LogP contribution in [0.4, 0.5) is 0 Å². The summed E-state index contributed by atoms with van der Waals surface area (Å²) in [5.74, 6) is -0.194. The van der Waals surface area contributed by atoms with Crippen molar-refractivity contribution in [3.8, 4) is 0 Å². The molecule has 82 valence electrons. The Balaban J connectivity index is 4.13. The highest BCUT2D eigenvalue weighted by Gasteiger charge is 2.22. The Labute approximate surface area is 85.2 Å². The van der Waals surface area contributed by atoms with Crippen molar-refractivity contribution in [1.29, 1.82) is 0 Å². The van der Waals surface area contributed by atoms with E-state index in [-0.39, 0.29) is 29.9 Å². The van der Waals surface area contributed by atoms with E-state index in [0.29, 0.717) is 0 Å². The first kappa shape index (κ1) is 13.3. The molecule has 0 radical (unpaired) electrons. The first-order valence-corrected chi connectivity index (χ1v) is 4.88. The minimum Gasteiger partial charge on any atom is -0.321 e. The summed E-state index contributed by atoms with van der Waals surface area (Å²) < 4.78 is 0. The van der Waals surface area contributed by atoms with Gasteiger partial charge in [0.05, 0.1) is 18.5 Å². The van der Waals surface area contributed by atoms with Gasteiger partial charge in [0.25, 0.3) is 0 Å². The zero-order valence-corrected chi connectivity index (χ0v) is 9.33. The highest BCUT2D eigenvalue weighted by Crippen LogP contribution is 2.03. The Morgan fingerprint density at radius 1 is 1.21 bits per heavy atom. The maximum absolute atomic E-state index is 11.4. The molecule has 4 heteroatoms. The second-order valence-corrected chi connectivity index (χ2v) is 3.89. The summed E-state index contributed by atoms with van der Waals surface area (Å²) in [7, 11) is 1.69. The van der Waals surface area contributed by atoms with E-state index in [1.54, 1.807) is 14.0 Å². The molecular formula is C10H20N2O2.